The van der Waals surface area contributed by atoms with Crippen LogP contribution >= 0.6 is 11.6 Å². The monoisotopic (exact) mass is 312 g/mol. The van der Waals surface area contributed by atoms with Gasteiger partial charge < -0.3 is 15.7 Å². The van der Waals surface area contributed by atoms with Gasteiger partial charge >= 0.3 is 0 Å². The van der Waals surface area contributed by atoms with Gasteiger partial charge in [0, 0.05) is 28.7 Å². The molecule has 0 fully saturated rings. The van der Waals surface area contributed by atoms with Gasteiger partial charge in [-0.25, -0.2) is 0 Å². The summed E-state index contributed by atoms with van der Waals surface area (Å²) in [5.41, 5.74) is 1.32. The highest BCUT2D eigenvalue weighted by Gasteiger charge is 2.23. The molecule has 0 aliphatic rings. The summed E-state index contributed by atoms with van der Waals surface area (Å²) in [6, 6.07) is 5.43. The van der Waals surface area contributed by atoms with Crippen molar-refractivity contribution in [1.29, 1.82) is 0 Å². The highest BCUT2D eigenvalue weighted by molar-refractivity contribution is 6.31. The molecule has 1 rings (SSSR count). The van der Waals surface area contributed by atoms with Gasteiger partial charge in [-0.15, -0.1) is 0 Å². The molecule has 0 heterocycles. The number of amides is 1. The number of rotatable bonds is 7. The van der Waals surface area contributed by atoms with Crippen molar-refractivity contribution in [1.82, 2.24) is 5.32 Å². The normalized spacial score (nSPS) is 15.3. The fourth-order valence-electron chi connectivity index (χ4n) is 2.07. The van der Waals surface area contributed by atoms with Crippen molar-refractivity contribution >= 4 is 23.2 Å². The Morgan fingerprint density at radius 2 is 2.14 bits per heavy atom. The molecule has 1 aromatic rings. The van der Waals surface area contributed by atoms with E-state index in [1.165, 1.54) is 0 Å². The Labute approximate surface area is 131 Å². The van der Waals surface area contributed by atoms with Crippen LogP contribution < -0.4 is 10.6 Å². The molecule has 4 nitrogen and oxygen atoms in total. The second-order valence-electron chi connectivity index (χ2n) is 5.83. The van der Waals surface area contributed by atoms with E-state index >= 15 is 0 Å². The average Bonchev–Trinajstić information content (AvgIpc) is 2.42. The summed E-state index contributed by atoms with van der Waals surface area (Å²) in [7, 11) is 0. The molecule has 0 aliphatic heterocycles. The fourth-order valence-corrected chi connectivity index (χ4v) is 2.25. The Balaban J connectivity index is 2.55. The number of hydrogen-bond acceptors (Lipinski definition) is 3. The lowest BCUT2D eigenvalue weighted by atomic mass is 9.98. The second kappa shape index (κ2) is 7.78. The van der Waals surface area contributed by atoms with Crippen LogP contribution in [-0.4, -0.2) is 29.2 Å². The summed E-state index contributed by atoms with van der Waals surface area (Å²) in [4.78, 5) is 12.0. The Kier molecular flexibility index (Phi) is 6.65. The third-order valence-corrected chi connectivity index (χ3v) is 4.08. The van der Waals surface area contributed by atoms with Crippen molar-refractivity contribution in [3.05, 3.63) is 28.8 Å². The van der Waals surface area contributed by atoms with Crippen LogP contribution in [-0.2, 0) is 4.79 Å². The molecular weight excluding hydrogens is 288 g/mol. The molecule has 0 aliphatic carbocycles. The SMILES string of the molecule is CCC(C)(CO)NC(C)CC(=O)Nc1ccc(C)c(Cl)c1. The Bertz CT molecular complexity index is 487. The molecule has 118 valence electrons. The van der Waals surface area contributed by atoms with E-state index in [1.807, 2.05) is 39.8 Å². The zero-order valence-corrected chi connectivity index (χ0v) is 13.9. The van der Waals surface area contributed by atoms with Crippen LogP contribution in [0.15, 0.2) is 18.2 Å². The quantitative estimate of drug-likeness (QED) is 0.725. The predicted octanol–water partition coefficient (Wildman–Crippen LogP) is 3.12. The lowest BCUT2D eigenvalue weighted by Crippen LogP contribution is -2.50. The van der Waals surface area contributed by atoms with Crippen LogP contribution in [0.3, 0.4) is 0 Å². The van der Waals surface area contributed by atoms with Crippen molar-refractivity contribution in [2.45, 2.75) is 52.1 Å². The highest BCUT2D eigenvalue weighted by atomic mass is 35.5. The van der Waals surface area contributed by atoms with Gasteiger partial charge in [0.2, 0.25) is 5.91 Å². The number of hydrogen-bond donors (Lipinski definition) is 3. The summed E-state index contributed by atoms with van der Waals surface area (Å²) < 4.78 is 0. The molecule has 1 amide bonds. The van der Waals surface area contributed by atoms with E-state index in [0.29, 0.717) is 17.1 Å². The number of aliphatic hydroxyl groups is 1. The number of aryl methyl sites for hydroxylation is 1. The summed E-state index contributed by atoms with van der Waals surface area (Å²) in [6.07, 6.45) is 1.13. The van der Waals surface area contributed by atoms with E-state index < -0.39 is 0 Å². The van der Waals surface area contributed by atoms with E-state index in [1.54, 1.807) is 6.07 Å². The average molecular weight is 313 g/mol. The molecule has 0 saturated heterocycles. The molecule has 0 radical (unpaired) electrons. The second-order valence-corrected chi connectivity index (χ2v) is 6.24. The predicted molar refractivity (Wildman–Crippen MR) is 87.8 cm³/mol. The van der Waals surface area contributed by atoms with Crippen LogP contribution in [0.5, 0.6) is 0 Å². The van der Waals surface area contributed by atoms with Crippen molar-refractivity contribution < 1.29 is 9.90 Å². The summed E-state index contributed by atoms with van der Waals surface area (Å²) in [6.45, 7) is 7.85. The van der Waals surface area contributed by atoms with Crippen molar-refractivity contribution in [3.63, 3.8) is 0 Å². The van der Waals surface area contributed by atoms with Gasteiger partial charge in [-0.3, -0.25) is 4.79 Å². The van der Waals surface area contributed by atoms with Gasteiger partial charge in [0.05, 0.1) is 6.61 Å². The smallest absolute Gasteiger partial charge is 0.225 e. The molecule has 0 saturated carbocycles. The van der Waals surface area contributed by atoms with E-state index in [4.69, 9.17) is 11.6 Å². The van der Waals surface area contributed by atoms with Gasteiger partial charge in [0.25, 0.3) is 0 Å². The van der Waals surface area contributed by atoms with Crippen molar-refractivity contribution in [3.8, 4) is 0 Å². The maximum atomic E-state index is 12.0. The minimum absolute atomic E-state index is 0.0250. The first-order valence-electron chi connectivity index (χ1n) is 7.24. The molecule has 5 heteroatoms. The summed E-state index contributed by atoms with van der Waals surface area (Å²) >= 11 is 6.04. The van der Waals surface area contributed by atoms with Gasteiger partial charge in [-0.05, 0) is 44.9 Å². The minimum Gasteiger partial charge on any atom is -0.394 e. The number of nitrogens with one attached hydrogen (secondary N) is 2. The van der Waals surface area contributed by atoms with Gasteiger partial charge in [-0.2, -0.15) is 0 Å². The zero-order valence-electron chi connectivity index (χ0n) is 13.2. The number of carbonyl (C=O) groups excluding carboxylic acids is 1. The van der Waals surface area contributed by atoms with Crippen LogP contribution in [0.2, 0.25) is 5.02 Å². The molecule has 0 bridgehead atoms. The molecular formula is C16H25ClN2O2. The standard InChI is InChI=1S/C16H25ClN2O2/c1-5-16(4,10-20)19-12(3)8-15(21)18-13-7-6-11(2)14(17)9-13/h6-7,9,12,19-20H,5,8,10H2,1-4H3,(H,18,21). The maximum absolute atomic E-state index is 12.0. The largest absolute Gasteiger partial charge is 0.394 e. The maximum Gasteiger partial charge on any atom is 0.225 e. The number of carbonyl (C=O) groups is 1. The summed E-state index contributed by atoms with van der Waals surface area (Å²) in [5.74, 6) is -0.0775. The Hall–Kier alpha value is -1.10. The molecule has 2 atom stereocenters. The van der Waals surface area contributed by atoms with Crippen LogP contribution in [0.4, 0.5) is 5.69 Å². The van der Waals surface area contributed by atoms with E-state index in [0.717, 1.165) is 12.0 Å². The van der Waals surface area contributed by atoms with Gasteiger partial charge in [-0.1, -0.05) is 24.6 Å². The topological polar surface area (TPSA) is 61.4 Å². The zero-order chi connectivity index (χ0) is 16.0. The van der Waals surface area contributed by atoms with Gasteiger partial charge in [0.1, 0.15) is 0 Å². The van der Waals surface area contributed by atoms with Crippen LogP contribution in [0.25, 0.3) is 0 Å². The van der Waals surface area contributed by atoms with Crippen molar-refractivity contribution in [2.75, 3.05) is 11.9 Å². The van der Waals surface area contributed by atoms with E-state index in [-0.39, 0.29) is 24.1 Å². The lowest BCUT2D eigenvalue weighted by Gasteiger charge is -2.31. The van der Waals surface area contributed by atoms with Crippen molar-refractivity contribution in [2.24, 2.45) is 0 Å². The highest BCUT2D eigenvalue weighted by Crippen LogP contribution is 2.20. The number of halogens is 1. The first-order valence-corrected chi connectivity index (χ1v) is 7.62. The Morgan fingerprint density at radius 1 is 1.48 bits per heavy atom. The van der Waals surface area contributed by atoms with E-state index in [2.05, 4.69) is 10.6 Å². The number of anilines is 1. The fraction of sp³-hybridized carbons (Fsp3) is 0.562. The number of benzene rings is 1. The van der Waals surface area contributed by atoms with Crippen LogP contribution in [0.1, 0.15) is 39.2 Å². The molecule has 1 aromatic carbocycles. The minimum atomic E-state index is -0.354. The number of aliphatic hydroxyl groups excluding tert-OH is 1. The molecule has 0 spiro atoms. The van der Waals surface area contributed by atoms with Crippen LogP contribution in [0, 0.1) is 6.92 Å². The van der Waals surface area contributed by atoms with Gasteiger partial charge in [0.15, 0.2) is 0 Å². The molecule has 21 heavy (non-hydrogen) atoms. The molecule has 2 unspecified atom stereocenters. The lowest BCUT2D eigenvalue weighted by molar-refractivity contribution is -0.116. The first-order chi connectivity index (χ1) is 9.79. The summed E-state index contributed by atoms with van der Waals surface area (Å²) in [5, 5.41) is 16.1. The molecule has 3 N–H and O–H groups in total. The third-order valence-electron chi connectivity index (χ3n) is 3.67. The molecule has 0 aromatic heterocycles. The first kappa shape index (κ1) is 18.0. The van der Waals surface area contributed by atoms with E-state index in [9.17, 15) is 9.90 Å². The Morgan fingerprint density at radius 3 is 2.67 bits per heavy atom. The third kappa shape index (κ3) is 5.65.